The summed E-state index contributed by atoms with van der Waals surface area (Å²) in [7, 11) is 0. The first kappa shape index (κ1) is 17.8. The van der Waals surface area contributed by atoms with Crippen LogP contribution in [0.3, 0.4) is 0 Å². The van der Waals surface area contributed by atoms with E-state index >= 15 is 0 Å². The molecule has 0 bridgehead atoms. The zero-order valence-electron chi connectivity index (χ0n) is 15.7. The molecule has 0 unspecified atom stereocenters. The molecule has 0 atom stereocenters. The van der Waals surface area contributed by atoms with Crippen molar-refractivity contribution in [2.75, 3.05) is 17.4 Å². The van der Waals surface area contributed by atoms with Gasteiger partial charge >= 0.3 is 0 Å². The van der Waals surface area contributed by atoms with Gasteiger partial charge in [-0.15, -0.1) is 0 Å². The molecule has 0 radical (unpaired) electrons. The van der Waals surface area contributed by atoms with Crippen LogP contribution in [-0.2, 0) is 6.54 Å². The third kappa shape index (κ3) is 3.73. The number of anilines is 2. The van der Waals surface area contributed by atoms with Gasteiger partial charge in [0, 0.05) is 24.6 Å². The number of para-hydroxylation sites is 1. The lowest BCUT2D eigenvalue weighted by Crippen LogP contribution is -2.15. The molecule has 0 aliphatic carbocycles. The lowest BCUT2D eigenvalue weighted by Gasteiger charge is -2.11. The van der Waals surface area contributed by atoms with Gasteiger partial charge in [0.1, 0.15) is 0 Å². The van der Waals surface area contributed by atoms with Gasteiger partial charge in [0.15, 0.2) is 11.5 Å². The number of rotatable bonds is 5. The van der Waals surface area contributed by atoms with Crippen molar-refractivity contribution in [3.8, 4) is 11.5 Å². The fraction of sp³-hybridized carbons (Fsp3) is 0.190. The number of hydrogen-bond acceptors (Lipinski definition) is 6. The Morgan fingerprint density at radius 3 is 2.50 bits per heavy atom. The van der Waals surface area contributed by atoms with Gasteiger partial charge in [0.05, 0.1) is 5.56 Å². The molecule has 2 aromatic carbocycles. The molecule has 7 nitrogen and oxygen atoms in total. The van der Waals surface area contributed by atoms with E-state index < -0.39 is 0 Å². The van der Waals surface area contributed by atoms with E-state index in [1.165, 1.54) is 12.4 Å². The zero-order valence-corrected chi connectivity index (χ0v) is 15.7. The highest BCUT2D eigenvalue weighted by atomic mass is 16.7. The monoisotopic (exact) mass is 376 g/mol. The van der Waals surface area contributed by atoms with Crippen molar-refractivity contribution in [3.05, 3.63) is 71.0 Å². The van der Waals surface area contributed by atoms with Gasteiger partial charge in [-0.25, -0.2) is 9.97 Å². The molecule has 1 amide bonds. The Bertz CT molecular complexity index is 998. The summed E-state index contributed by atoms with van der Waals surface area (Å²) in [6.07, 6.45) is 3.02. The third-order valence-corrected chi connectivity index (χ3v) is 4.52. The minimum atomic E-state index is -0.236. The van der Waals surface area contributed by atoms with Crippen molar-refractivity contribution in [1.29, 1.82) is 0 Å². The molecule has 4 rings (SSSR count). The van der Waals surface area contributed by atoms with E-state index in [1.54, 1.807) is 0 Å². The van der Waals surface area contributed by atoms with Crippen LogP contribution in [0.25, 0.3) is 0 Å². The lowest BCUT2D eigenvalue weighted by molar-refractivity contribution is 0.102. The van der Waals surface area contributed by atoms with Crippen LogP contribution in [0.1, 0.15) is 27.0 Å². The molecule has 7 heteroatoms. The van der Waals surface area contributed by atoms with Crippen LogP contribution in [0, 0.1) is 13.8 Å². The van der Waals surface area contributed by atoms with E-state index in [-0.39, 0.29) is 12.7 Å². The highest BCUT2D eigenvalue weighted by molar-refractivity contribution is 6.04. The Morgan fingerprint density at radius 1 is 1.04 bits per heavy atom. The number of benzene rings is 2. The van der Waals surface area contributed by atoms with Crippen LogP contribution in [-0.4, -0.2) is 22.7 Å². The fourth-order valence-electron chi connectivity index (χ4n) is 2.97. The molecule has 1 aliphatic rings. The second-order valence-corrected chi connectivity index (χ2v) is 6.56. The molecule has 1 aliphatic heterocycles. The number of hydrogen-bond donors (Lipinski definition) is 2. The molecule has 1 aromatic heterocycles. The highest BCUT2D eigenvalue weighted by Gasteiger charge is 2.14. The maximum atomic E-state index is 12.5. The lowest BCUT2D eigenvalue weighted by atomic mass is 10.1. The van der Waals surface area contributed by atoms with Gasteiger partial charge in [0.25, 0.3) is 5.91 Å². The van der Waals surface area contributed by atoms with Crippen LogP contribution in [0.2, 0.25) is 0 Å². The van der Waals surface area contributed by atoms with Crippen molar-refractivity contribution in [2.45, 2.75) is 20.4 Å². The number of aromatic nitrogens is 2. The van der Waals surface area contributed by atoms with Crippen molar-refractivity contribution in [3.63, 3.8) is 0 Å². The number of nitrogens with zero attached hydrogens (tertiary/aromatic N) is 2. The van der Waals surface area contributed by atoms with Gasteiger partial charge in [-0.05, 0) is 42.7 Å². The number of ether oxygens (including phenoxy) is 2. The van der Waals surface area contributed by atoms with E-state index in [9.17, 15) is 4.79 Å². The first-order chi connectivity index (χ1) is 13.6. The van der Waals surface area contributed by atoms with Crippen molar-refractivity contribution in [2.24, 2.45) is 0 Å². The van der Waals surface area contributed by atoms with Crippen LogP contribution in [0.5, 0.6) is 11.5 Å². The smallest absolute Gasteiger partial charge is 0.258 e. The van der Waals surface area contributed by atoms with Crippen molar-refractivity contribution < 1.29 is 14.3 Å². The minimum Gasteiger partial charge on any atom is -0.454 e. The summed E-state index contributed by atoms with van der Waals surface area (Å²) in [5.74, 6) is 1.69. The van der Waals surface area contributed by atoms with E-state index in [2.05, 4.69) is 20.6 Å². The number of aryl methyl sites for hydroxylation is 2. The zero-order chi connectivity index (χ0) is 19.5. The van der Waals surface area contributed by atoms with Crippen molar-refractivity contribution >= 4 is 17.5 Å². The van der Waals surface area contributed by atoms with Crippen LogP contribution < -0.4 is 20.1 Å². The van der Waals surface area contributed by atoms with E-state index in [0.717, 1.165) is 33.9 Å². The molecule has 2 heterocycles. The van der Waals surface area contributed by atoms with Gasteiger partial charge < -0.3 is 20.1 Å². The fourth-order valence-corrected chi connectivity index (χ4v) is 2.97. The maximum absolute atomic E-state index is 12.5. The molecule has 0 fully saturated rings. The van der Waals surface area contributed by atoms with Crippen LogP contribution in [0.15, 0.2) is 48.8 Å². The Labute approximate surface area is 162 Å². The van der Waals surface area contributed by atoms with Crippen LogP contribution >= 0.6 is 0 Å². The molecular formula is C21H20N4O3. The third-order valence-electron chi connectivity index (χ3n) is 4.52. The summed E-state index contributed by atoms with van der Waals surface area (Å²) in [6.45, 7) is 4.70. The number of carbonyl (C=O) groups is 1. The van der Waals surface area contributed by atoms with Gasteiger partial charge in [0.2, 0.25) is 12.7 Å². The topological polar surface area (TPSA) is 85.4 Å². The van der Waals surface area contributed by atoms with Crippen LogP contribution in [0.4, 0.5) is 11.6 Å². The quantitative estimate of drug-likeness (QED) is 0.706. The Morgan fingerprint density at radius 2 is 1.75 bits per heavy atom. The number of fused-ring (bicyclic) bond motifs is 1. The minimum absolute atomic E-state index is 0.236. The summed E-state index contributed by atoms with van der Waals surface area (Å²) in [5, 5.41) is 6.07. The summed E-state index contributed by atoms with van der Waals surface area (Å²) in [6, 6.07) is 11.6. The van der Waals surface area contributed by atoms with Gasteiger partial charge in [-0.3, -0.25) is 4.79 Å². The van der Waals surface area contributed by atoms with E-state index in [0.29, 0.717) is 18.1 Å². The molecule has 142 valence electrons. The first-order valence-corrected chi connectivity index (χ1v) is 8.92. The number of nitrogens with one attached hydrogen (secondary N) is 2. The molecule has 0 saturated carbocycles. The van der Waals surface area contributed by atoms with Gasteiger partial charge in [-0.2, -0.15) is 0 Å². The molecule has 0 saturated heterocycles. The average Bonchev–Trinajstić information content (AvgIpc) is 3.17. The second-order valence-electron chi connectivity index (χ2n) is 6.56. The summed E-state index contributed by atoms with van der Waals surface area (Å²) in [5.41, 5.74) is 4.26. The highest BCUT2D eigenvalue weighted by Crippen LogP contribution is 2.32. The molecular weight excluding hydrogens is 356 g/mol. The molecule has 2 N–H and O–H groups in total. The number of amides is 1. The largest absolute Gasteiger partial charge is 0.454 e. The Kier molecular flexibility index (Phi) is 4.80. The van der Waals surface area contributed by atoms with E-state index in [4.69, 9.17) is 9.47 Å². The predicted molar refractivity (Wildman–Crippen MR) is 106 cm³/mol. The summed E-state index contributed by atoms with van der Waals surface area (Å²) >= 11 is 0. The normalized spacial score (nSPS) is 11.9. The second kappa shape index (κ2) is 7.56. The maximum Gasteiger partial charge on any atom is 0.258 e. The SMILES string of the molecule is Cc1cccc(C)c1NC(=O)c1cnc(NCc2ccc3c(c2)OCO3)nc1. The predicted octanol–water partition coefficient (Wildman–Crippen LogP) is 3.69. The molecule has 0 spiro atoms. The summed E-state index contributed by atoms with van der Waals surface area (Å²) in [4.78, 5) is 20.9. The summed E-state index contributed by atoms with van der Waals surface area (Å²) < 4.78 is 10.7. The Balaban J connectivity index is 1.39. The van der Waals surface area contributed by atoms with Gasteiger partial charge in [-0.1, -0.05) is 24.3 Å². The molecule has 28 heavy (non-hydrogen) atoms. The number of carbonyl (C=O) groups excluding carboxylic acids is 1. The first-order valence-electron chi connectivity index (χ1n) is 8.92. The standard InChI is InChI=1S/C21H20N4O3/c1-13-4-3-5-14(2)19(13)25-20(26)16-10-23-21(24-11-16)22-9-15-6-7-17-18(8-15)28-12-27-17/h3-8,10-11H,9,12H2,1-2H3,(H,25,26)(H,22,23,24). The Hall–Kier alpha value is -3.61. The van der Waals surface area contributed by atoms with Crippen molar-refractivity contribution in [1.82, 2.24) is 9.97 Å². The molecule has 3 aromatic rings. The van der Waals surface area contributed by atoms with E-state index in [1.807, 2.05) is 50.2 Å². The average molecular weight is 376 g/mol.